The number of aryl methyl sites for hydroxylation is 1. The van der Waals surface area contributed by atoms with E-state index < -0.39 is 15.6 Å². The van der Waals surface area contributed by atoms with Crippen LogP contribution in [0.1, 0.15) is 39.7 Å². The van der Waals surface area contributed by atoms with E-state index in [1.807, 2.05) is 6.07 Å². The van der Waals surface area contributed by atoms with Gasteiger partial charge in [0.1, 0.15) is 18.2 Å². The summed E-state index contributed by atoms with van der Waals surface area (Å²) in [5.41, 5.74) is 2.15. The summed E-state index contributed by atoms with van der Waals surface area (Å²) in [4.78, 5) is 25.0. The standard InChI is InChI=1S/C19H20N4O4S/c1-4-28(26,27)23-8-7-14-9-15(5-6-17(14)23)18(24)11-22-19(25)16(10-20)12(2)13(3)21-22/h5-6,9H,4,7-8,11H2,1-3H3. The van der Waals surface area contributed by atoms with E-state index in [9.17, 15) is 23.3 Å². The van der Waals surface area contributed by atoms with Gasteiger partial charge >= 0.3 is 0 Å². The van der Waals surface area contributed by atoms with Crippen LogP contribution in [-0.2, 0) is 23.0 Å². The predicted octanol–water partition coefficient (Wildman–Crippen LogP) is 1.33. The molecule has 0 aliphatic carbocycles. The summed E-state index contributed by atoms with van der Waals surface area (Å²) in [7, 11) is -3.35. The highest BCUT2D eigenvalue weighted by molar-refractivity contribution is 7.92. The lowest BCUT2D eigenvalue weighted by molar-refractivity contribution is 0.0965. The van der Waals surface area contributed by atoms with Gasteiger partial charge in [-0.1, -0.05) is 0 Å². The number of hydrogen-bond donors (Lipinski definition) is 0. The molecule has 1 aromatic carbocycles. The molecule has 146 valence electrons. The summed E-state index contributed by atoms with van der Waals surface area (Å²) >= 11 is 0. The Morgan fingerprint density at radius 2 is 2.04 bits per heavy atom. The van der Waals surface area contributed by atoms with Gasteiger partial charge in [0, 0.05) is 12.1 Å². The molecule has 0 bridgehead atoms. The molecule has 0 unspecified atom stereocenters. The number of carbonyl (C=O) groups excluding carboxylic acids is 1. The largest absolute Gasteiger partial charge is 0.292 e. The number of sulfonamides is 1. The number of rotatable bonds is 5. The topological polar surface area (TPSA) is 113 Å². The second-order valence-electron chi connectivity index (χ2n) is 6.65. The van der Waals surface area contributed by atoms with E-state index in [0.717, 1.165) is 10.2 Å². The highest BCUT2D eigenvalue weighted by atomic mass is 32.2. The van der Waals surface area contributed by atoms with Gasteiger partial charge in [-0.2, -0.15) is 10.4 Å². The fourth-order valence-electron chi connectivity index (χ4n) is 3.23. The van der Waals surface area contributed by atoms with Gasteiger partial charge in [0.2, 0.25) is 10.0 Å². The van der Waals surface area contributed by atoms with Crippen LogP contribution in [0, 0.1) is 25.2 Å². The average Bonchev–Trinajstić information content (AvgIpc) is 3.10. The first-order chi connectivity index (χ1) is 13.2. The van der Waals surface area contributed by atoms with Crippen LogP contribution >= 0.6 is 0 Å². The molecule has 0 spiro atoms. The van der Waals surface area contributed by atoms with Gasteiger partial charge < -0.3 is 0 Å². The van der Waals surface area contributed by atoms with Crippen molar-refractivity contribution in [1.29, 1.82) is 5.26 Å². The van der Waals surface area contributed by atoms with Gasteiger partial charge in [-0.05, 0) is 56.5 Å². The van der Waals surface area contributed by atoms with Crippen LogP contribution in [0.2, 0.25) is 0 Å². The lowest BCUT2D eigenvalue weighted by Gasteiger charge is -2.18. The molecule has 0 saturated heterocycles. The average molecular weight is 400 g/mol. The van der Waals surface area contributed by atoms with Crippen molar-refractivity contribution in [2.45, 2.75) is 33.7 Å². The Balaban J connectivity index is 1.92. The van der Waals surface area contributed by atoms with Crippen molar-refractivity contribution >= 4 is 21.5 Å². The highest BCUT2D eigenvalue weighted by Crippen LogP contribution is 2.31. The van der Waals surface area contributed by atoms with Crippen LogP contribution in [0.3, 0.4) is 0 Å². The van der Waals surface area contributed by atoms with Crippen molar-refractivity contribution in [3.63, 3.8) is 0 Å². The Labute approximate surface area is 163 Å². The summed E-state index contributed by atoms with van der Waals surface area (Å²) < 4.78 is 26.7. The zero-order chi connectivity index (χ0) is 20.6. The third-order valence-electron chi connectivity index (χ3n) is 5.00. The fraction of sp³-hybridized carbons (Fsp3) is 0.368. The van der Waals surface area contributed by atoms with E-state index in [1.54, 1.807) is 39.0 Å². The van der Waals surface area contributed by atoms with Crippen molar-refractivity contribution in [2.24, 2.45) is 0 Å². The SMILES string of the molecule is CCS(=O)(=O)N1CCc2cc(C(=O)Cn3nc(C)c(C)c(C#N)c3=O)ccc21. The summed E-state index contributed by atoms with van der Waals surface area (Å²) in [6, 6.07) is 6.72. The molecule has 0 atom stereocenters. The number of carbonyl (C=O) groups is 1. The molecule has 1 aliphatic rings. The minimum absolute atomic E-state index is 0.00963. The number of ketones is 1. The van der Waals surface area contributed by atoms with Gasteiger partial charge in [-0.3, -0.25) is 13.9 Å². The number of Topliss-reactive ketones (excluding diaryl/α,β-unsaturated/α-hetero) is 1. The zero-order valence-corrected chi connectivity index (χ0v) is 16.7. The molecule has 3 rings (SSSR count). The van der Waals surface area contributed by atoms with Crippen LogP contribution in [0.15, 0.2) is 23.0 Å². The maximum atomic E-state index is 12.7. The first-order valence-corrected chi connectivity index (χ1v) is 10.5. The number of hydrogen-bond acceptors (Lipinski definition) is 6. The zero-order valence-electron chi connectivity index (χ0n) is 15.9. The van der Waals surface area contributed by atoms with Crippen LogP contribution in [0.25, 0.3) is 0 Å². The van der Waals surface area contributed by atoms with E-state index in [0.29, 0.717) is 35.5 Å². The number of aromatic nitrogens is 2. The highest BCUT2D eigenvalue weighted by Gasteiger charge is 2.28. The van der Waals surface area contributed by atoms with Crippen molar-refractivity contribution in [1.82, 2.24) is 9.78 Å². The van der Waals surface area contributed by atoms with Crippen molar-refractivity contribution < 1.29 is 13.2 Å². The van der Waals surface area contributed by atoms with E-state index in [4.69, 9.17) is 0 Å². The quantitative estimate of drug-likeness (QED) is 0.700. The number of benzene rings is 1. The monoisotopic (exact) mass is 400 g/mol. The number of fused-ring (bicyclic) bond motifs is 1. The van der Waals surface area contributed by atoms with Crippen LogP contribution in [0.5, 0.6) is 0 Å². The molecule has 2 heterocycles. The van der Waals surface area contributed by atoms with Gasteiger partial charge in [0.25, 0.3) is 5.56 Å². The Bertz CT molecular complexity index is 1180. The van der Waals surface area contributed by atoms with Crippen molar-refractivity contribution in [2.75, 3.05) is 16.6 Å². The third kappa shape index (κ3) is 3.31. The molecule has 1 aliphatic heterocycles. The molecule has 0 saturated carbocycles. The molecule has 0 radical (unpaired) electrons. The smallest absolute Gasteiger partial charge is 0.285 e. The van der Waals surface area contributed by atoms with Gasteiger partial charge in [-0.25, -0.2) is 13.1 Å². The molecule has 28 heavy (non-hydrogen) atoms. The maximum Gasteiger partial charge on any atom is 0.285 e. The molecule has 0 fully saturated rings. The van der Waals surface area contributed by atoms with E-state index in [2.05, 4.69) is 5.10 Å². The minimum atomic E-state index is -3.35. The molecule has 9 heteroatoms. The van der Waals surface area contributed by atoms with Gasteiger partial charge in [0.15, 0.2) is 5.78 Å². The molecular weight excluding hydrogens is 380 g/mol. The Morgan fingerprint density at radius 3 is 2.68 bits per heavy atom. The van der Waals surface area contributed by atoms with Crippen LogP contribution in [0.4, 0.5) is 5.69 Å². The van der Waals surface area contributed by atoms with Crippen LogP contribution < -0.4 is 9.86 Å². The van der Waals surface area contributed by atoms with Gasteiger partial charge in [-0.15, -0.1) is 0 Å². The second-order valence-corrected chi connectivity index (χ2v) is 8.83. The summed E-state index contributed by atoms with van der Waals surface area (Å²) in [5.74, 6) is -0.322. The summed E-state index contributed by atoms with van der Waals surface area (Å²) in [5, 5.41) is 13.3. The first kappa shape index (κ1) is 19.8. The van der Waals surface area contributed by atoms with Gasteiger partial charge in [0.05, 0.1) is 17.1 Å². The third-order valence-corrected chi connectivity index (χ3v) is 6.78. The van der Waals surface area contributed by atoms with Crippen molar-refractivity contribution in [3.05, 3.63) is 56.5 Å². The number of nitrogens with zero attached hydrogens (tertiary/aromatic N) is 4. The second kappa shape index (κ2) is 7.20. The molecule has 1 aromatic heterocycles. The molecule has 0 N–H and O–H groups in total. The molecule has 2 aromatic rings. The Kier molecular flexibility index (Phi) is 5.08. The normalized spacial score (nSPS) is 13.3. The number of nitriles is 1. The fourth-order valence-corrected chi connectivity index (χ4v) is 4.39. The minimum Gasteiger partial charge on any atom is -0.292 e. The summed E-state index contributed by atoms with van der Waals surface area (Å²) in [6.07, 6.45) is 0.524. The first-order valence-electron chi connectivity index (χ1n) is 8.84. The van der Waals surface area contributed by atoms with E-state index in [-0.39, 0.29) is 23.6 Å². The summed E-state index contributed by atoms with van der Waals surface area (Å²) in [6.45, 7) is 4.98. The maximum absolute atomic E-state index is 12.7. The number of anilines is 1. The van der Waals surface area contributed by atoms with E-state index in [1.165, 1.54) is 4.31 Å². The molecule has 8 nitrogen and oxygen atoms in total. The van der Waals surface area contributed by atoms with Crippen LogP contribution in [-0.4, -0.2) is 36.3 Å². The van der Waals surface area contributed by atoms with E-state index >= 15 is 0 Å². The molecule has 0 amide bonds. The Hall–Kier alpha value is -2.99. The Morgan fingerprint density at radius 1 is 1.32 bits per heavy atom. The van der Waals surface area contributed by atoms with Crippen molar-refractivity contribution in [3.8, 4) is 6.07 Å². The lowest BCUT2D eigenvalue weighted by atomic mass is 10.1. The lowest BCUT2D eigenvalue weighted by Crippen LogP contribution is -2.30. The molecular formula is C19H20N4O4S. The predicted molar refractivity (Wildman–Crippen MR) is 104 cm³/mol.